The molecule has 1 aliphatic carbocycles. The molecule has 1 aromatic rings. The Kier molecular flexibility index (Phi) is 3.36. The summed E-state index contributed by atoms with van der Waals surface area (Å²) in [6.45, 7) is 10.1. The van der Waals surface area contributed by atoms with Crippen LogP contribution in [0.1, 0.15) is 52.4 Å². The van der Waals surface area contributed by atoms with E-state index in [1.165, 1.54) is 0 Å². The van der Waals surface area contributed by atoms with Crippen LogP contribution in [0.4, 0.5) is 0 Å². The molecule has 1 heterocycles. The van der Waals surface area contributed by atoms with Crippen molar-refractivity contribution in [1.82, 2.24) is 0 Å². The van der Waals surface area contributed by atoms with Crippen molar-refractivity contribution in [2.75, 3.05) is 0 Å². The topological polar surface area (TPSA) is 48.6 Å². The van der Waals surface area contributed by atoms with Gasteiger partial charge < -0.3 is 8.97 Å². The first kappa shape index (κ1) is 13.7. The van der Waals surface area contributed by atoms with Crippen LogP contribution in [0.25, 0.3) is 0 Å². The second-order valence-corrected chi connectivity index (χ2v) is 8.35. The molecule has 0 aliphatic heterocycles. The van der Waals surface area contributed by atoms with Gasteiger partial charge in [0.15, 0.2) is 0 Å². The lowest BCUT2D eigenvalue weighted by Crippen LogP contribution is -2.34. The quantitative estimate of drug-likeness (QED) is 0.731. The highest BCUT2D eigenvalue weighted by Gasteiger charge is 2.37. The van der Waals surface area contributed by atoms with Gasteiger partial charge in [0.2, 0.25) is 0 Å². The lowest BCUT2D eigenvalue weighted by Gasteiger charge is -2.31. The van der Waals surface area contributed by atoms with Crippen molar-refractivity contribution in [3.63, 3.8) is 0 Å². The Morgan fingerprint density at radius 3 is 2.67 bits per heavy atom. The van der Waals surface area contributed by atoms with Gasteiger partial charge >= 0.3 is 0 Å². The Bertz CT molecular complexity index is 468. The minimum atomic E-state index is -1.23. The van der Waals surface area contributed by atoms with E-state index in [9.17, 15) is 4.55 Å². The fourth-order valence-electron chi connectivity index (χ4n) is 2.05. The van der Waals surface area contributed by atoms with Crippen molar-refractivity contribution >= 4 is 17.1 Å². The molecular formula is C14H21NO2S. The maximum absolute atomic E-state index is 12.2. The molecule has 4 heteroatoms. The van der Waals surface area contributed by atoms with Gasteiger partial charge in [-0.05, 0) is 33.3 Å². The van der Waals surface area contributed by atoms with E-state index in [1.54, 1.807) is 6.26 Å². The Labute approximate surface area is 112 Å². The van der Waals surface area contributed by atoms with Crippen LogP contribution in [0.15, 0.2) is 21.1 Å². The zero-order chi connectivity index (χ0) is 13.6. The highest BCUT2D eigenvalue weighted by molar-refractivity contribution is 7.91. The minimum Gasteiger partial charge on any atom is -0.591 e. The van der Waals surface area contributed by atoms with E-state index in [-0.39, 0.29) is 10.2 Å². The summed E-state index contributed by atoms with van der Waals surface area (Å²) in [4.78, 5) is 0. The Morgan fingerprint density at radius 2 is 2.06 bits per heavy atom. The van der Waals surface area contributed by atoms with Gasteiger partial charge in [-0.2, -0.15) is 0 Å². The Balaban J connectivity index is 2.45. The van der Waals surface area contributed by atoms with Gasteiger partial charge in [0.05, 0.1) is 6.26 Å². The zero-order valence-corrected chi connectivity index (χ0v) is 12.6. The van der Waals surface area contributed by atoms with E-state index in [4.69, 9.17) is 4.42 Å². The molecule has 100 valence electrons. The van der Waals surface area contributed by atoms with Crippen molar-refractivity contribution in [2.24, 2.45) is 9.81 Å². The molecule has 0 N–H and O–H groups in total. The Morgan fingerprint density at radius 1 is 1.39 bits per heavy atom. The second kappa shape index (κ2) is 4.42. The molecule has 3 nitrogen and oxygen atoms in total. The van der Waals surface area contributed by atoms with Gasteiger partial charge in [-0.1, -0.05) is 18.2 Å². The third kappa shape index (κ3) is 2.50. The predicted molar refractivity (Wildman–Crippen MR) is 75.2 cm³/mol. The van der Waals surface area contributed by atoms with Crippen LogP contribution in [0.2, 0.25) is 0 Å². The average Bonchev–Trinajstić information content (AvgIpc) is 2.68. The molecule has 1 aromatic heterocycles. The van der Waals surface area contributed by atoms with Crippen molar-refractivity contribution in [3.05, 3.63) is 23.7 Å². The van der Waals surface area contributed by atoms with Gasteiger partial charge in [-0.3, -0.25) is 0 Å². The highest BCUT2D eigenvalue weighted by Crippen LogP contribution is 2.37. The molecule has 0 fully saturated rings. The summed E-state index contributed by atoms with van der Waals surface area (Å²) in [5.41, 5.74) is 1.91. The van der Waals surface area contributed by atoms with Gasteiger partial charge in [0, 0.05) is 17.4 Å². The minimum absolute atomic E-state index is 0.0439. The third-order valence-corrected chi connectivity index (χ3v) is 4.71. The van der Waals surface area contributed by atoms with Crippen molar-refractivity contribution in [3.8, 4) is 0 Å². The van der Waals surface area contributed by atoms with E-state index in [2.05, 4.69) is 18.2 Å². The van der Waals surface area contributed by atoms with Gasteiger partial charge in [0.25, 0.3) is 0 Å². The highest BCUT2D eigenvalue weighted by atomic mass is 32.2. The SMILES string of the molecule is CC1(C)CCc2occc2C1=N[S@@+]([O-])C(C)(C)C. The van der Waals surface area contributed by atoms with Crippen LogP contribution >= 0.6 is 0 Å². The smallest absolute Gasteiger partial charge is 0.144 e. The van der Waals surface area contributed by atoms with Gasteiger partial charge in [-0.25, -0.2) is 0 Å². The van der Waals surface area contributed by atoms with Crippen molar-refractivity contribution < 1.29 is 8.97 Å². The zero-order valence-electron chi connectivity index (χ0n) is 11.7. The molecule has 1 atom stereocenters. The first-order valence-electron chi connectivity index (χ1n) is 6.30. The molecule has 1 aliphatic rings. The molecular weight excluding hydrogens is 246 g/mol. The maximum Gasteiger partial charge on any atom is 0.144 e. The molecule has 0 spiro atoms. The normalized spacial score (nSPS) is 22.9. The van der Waals surface area contributed by atoms with E-state index in [0.717, 1.165) is 29.9 Å². The number of hydrogen-bond donors (Lipinski definition) is 0. The van der Waals surface area contributed by atoms with Crippen molar-refractivity contribution in [2.45, 2.75) is 52.2 Å². The number of nitrogens with zero attached hydrogens (tertiary/aromatic N) is 1. The molecule has 0 amide bonds. The Hall–Kier alpha value is -0.740. The van der Waals surface area contributed by atoms with Crippen LogP contribution in [-0.4, -0.2) is 15.0 Å². The van der Waals surface area contributed by atoms with Crippen LogP contribution < -0.4 is 0 Å². The standard InChI is InChI=1S/C14H21NO2S/c1-13(2,3)18(16)15-12-10-7-9-17-11(10)6-8-14(12,4)5/h7,9H,6,8H2,1-5H3/t18-/m0/s1. The summed E-state index contributed by atoms with van der Waals surface area (Å²) in [7, 11) is 0. The molecule has 0 unspecified atom stereocenters. The lowest BCUT2D eigenvalue weighted by atomic mass is 9.75. The van der Waals surface area contributed by atoms with Gasteiger partial charge in [-0.15, -0.1) is 0 Å². The summed E-state index contributed by atoms with van der Waals surface area (Å²) < 4.78 is 21.9. The summed E-state index contributed by atoms with van der Waals surface area (Å²) in [5.74, 6) is 0.971. The summed E-state index contributed by atoms with van der Waals surface area (Å²) in [6, 6.07) is 1.94. The monoisotopic (exact) mass is 267 g/mol. The maximum atomic E-state index is 12.2. The average molecular weight is 267 g/mol. The molecule has 0 saturated heterocycles. The van der Waals surface area contributed by atoms with E-state index >= 15 is 0 Å². The lowest BCUT2D eigenvalue weighted by molar-refractivity contribution is 0.415. The van der Waals surface area contributed by atoms with Crippen LogP contribution in [0, 0.1) is 5.41 Å². The number of hydrogen-bond acceptors (Lipinski definition) is 3. The molecule has 0 aromatic carbocycles. The first-order valence-corrected chi connectivity index (χ1v) is 7.40. The molecule has 0 radical (unpaired) electrons. The fraction of sp³-hybridized carbons (Fsp3) is 0.643. The van der Waals surface area contributed by atoms with E-state index in [1.807, 2.05) is 26.8 Å². The fourth-order valence-corrected chi connectivity index (χ4v) is 2.83. The number of fused-ring (bicyclic) bond motifs is 1. The van der Waals surface area contributed by atoms with Crippen LogP contribution in [0.5, 0.6) is 0 Å². The first-order chi connectivity index (χ1) is 8.22. The molecule has 18 heavy (non-hydrogen) atoms. The number of rotatable bonds is 1. The predicted octanol–water partition coefficient (Wildman–Crippen LogP) is 3.50. The van der Waals surface area contributed by atoms with Crippen LogP contribution in [0.3, 0.4) is 0 Å². The van der Waals surface area contributed by atoms with E-state index in [0.29, 0.717) is 0 Å². The summed E-state index contributed by atoms with van der Waals surface area (Å²) >= 11 is -1.23. The number of furan rings is 1. The van der Waals surface area contributed by atoms with Crippen molar-refractivity contribution in [1.29, 1.82) is 0 Å². The largest absolute Gasteiger partial charge is 0.591 e. The summed E-state index contributed by atoms with van der Waals surface area (Å²) in [5, 5.41) is 0. The molecule has 2 rings (SSSR count). The third-order valence-electron chi connectivity index (χ3n) is 3.32. The van der Waals surface area contributed by atoms with Gasteiger partial charge in [0.1, 0.15) is 27.6 Å². The van der Waals surface area contributed by atoms with Crippen LogP contribution in [-0.2, 0) is 17.8 Å². The molecule has 0 saturated carbocycles. The molecule has 0 bridgehead atoms. The van der Waals surface area contributed by atoms with E-state index < -0.39 is 11.4 Å². The number of aryl methyl sites for hydroxylation is 1. The second-order valence-electron chi connectivity index (χ2n) is 6.44. The summed E-state index contributed by atoms with van der Waals surface area (Å²) in [6.07, 6.45) is 3.60.